The molecular weight excluding hydrogens is 292 g/mol. The molecule has 2 aliphatic heterocycles. The van der Waals surface area contributed by atoms with Crippen LogP contribution in [0.15, 0.2) is 18.2 Å². The van der Waals surface area contributed by atoms with E-state index in [0.717, 1.165) is 24.0 Å². The van der Waals surface area contributed by atoms with Gasteiger partial charge < -0.3 is 5.11 Å². The van der Waals surface area contributed by atoms with Crippen LogP contribution in [0.5, 0.6) is 0 Å². The zero-order valence-electron chi connectivity index (χ0n) is 11.7. The maximum Gasteiger partial charge on any atom is 0.335 e. The summed E-state index contributed by atoms with van der Waals surface area (Å²) in [5, 5.41) is 9.04. The van der Waals surface area contributed by atoms with Gasteiger partial charge in [-0.25, -0.2) is 4.79 Å². The second-order valence-corrected chi connectivity index (χ2v) is 7.41. The summed E-state index contributed by atoms with van der Waals surface area (Å²) in [4.78, 5) is 11.0. The first-order valence-corrected chi connectivity index (χ1v) is 8.48. The highest BCUT2D eigenvalue weighted by atomic mass is 32.2. The molecule has 0 aromatic heterocycles. The van der Waals surface area contributed by atoms with Crippen molar-refractivity contribution in [3.8, 4) is 0 Å². The summed E-state index contributed by atoms with van der Waals surface area (Å²) in [6.45, 7) is 1.88. The second kappa shape index (κ2) is 5.40. The third-order valence-corrected chi connectivity index (χ3v) is 6.13. The smallest absolute Gasteiger partial charge is 0.335 e. The normalized spacial score (nSPS) is 20.4. The molecule has 2 aliphatic rings. The molecule has 3 rings (SSSR count). The highest BCUT2D eigenvalue weighted by Crippen LogP contribution is 2.25. The molecule has 1 aromatic rings. The average Bonchev–Trinajstić information content (AvgIpc) is 3.01. The number of carbonyl (C=O) groups is 1. The molecule has 0 radical (unpaired) electrons. The van der Waals surface area contributed by atoms with Gasteiger partial charge in [0.2, 0.25) is 0 Å². The van der Waals surface area contributed by atoms with Crippen LogP contribution in [0.2, 0.25) is 0 Å². The van der Waals surface area contributed by atoms with Gasteiger partial charge in [-0.2, -0.15) is 17.0 Å². The van der Waals surface area contributed by atoms with Crippen LogP contribution in [0.1, 0.15) is 34.3 Å². The molecule has 0 atom stereocenters. The summed E-state index contributed by atoms with van der Waals surface area (Å²) in [6, 6.07) is 4.95. The number of carboxylic acid groups (broad SMARTS) is 1. The molecule has 1 saturated heterocycles. The fourth-order valence-electron chi connectivity index (χ4n) is 2.94. The van der Waals surface area contributed by atoms with E-state index in [4.69, 9.17) is 5.11 Å². The van der Waals surface area contributed by atoms with Crippen LogP contribution < -0.4 is 0 Å². The summed E-state index contributed by atoms with van der Waals surface area (Å²) < 4.78 is 28.1. The molecular formula is C14H18N2O4S. The average molecular weight is 310 g/mol. The van der Waals surface area contributed by atoms with E-state index in [0.29, 0.717) is 26.1 Å². The van der Waals surface area contributed by atoms with E-state index in [9.17, 15) is 13.2 Å². The van der Waals surface area contributed by atoms with Crippen molar-refractivity contribution in [2.45, 2.75) is 25.8 Å². The van der Waals surface area contributed by atoms with Gasteiger partial charge in [0.25, 0.3) is 10.2 Å². The van der Waals surface area contributed by atoms with Crippen LogP contribution >= 0.6 is 0 Å². The van der Waals surface area contributed by atoms with Crippen LogP contribution in [0.25, 0.3) is 0 Å². The fraction of sp³-hybridized carbons (Fsp3) is 0.500. The highest BCUT2D eigenvalue weighted by Gasteiger charge is 2.33. The zero-order valence-corrected chi connectivity index (χ0v) is 12.5. The summed E-state index contributed by atoms with van der Waals surface area (Å²) in [7, 11) is -3.42. The van der Waals surface area contributed by atoms with Gasteiger partial charge in [0.1, 0.15) is 0 Å². The molecule has 0 spiro atoms. The third-order valence-electron chi connectivity index (χ3n) is 4.15. The Balaban J connectivity index is 1.86. The summed E-state index contributed by atoms with van der Waals surface area (Å²) in [5.41, 5.74) is 2.03. The van der Waals surface area contributed by atoms with Crippen LogP contribution in [0.3, 0.4) is 0 Å². The number of nitrogens with zero attached hydrogens (tertiary/aromatic N) is 2. The minimum absolute atomic E-state index is 0.203. The van der Waals surface area contributed by atoms with Crippen molar-refractivity contribution in [3.63, 3.8) is 0 Å². The lowest BCUT2D eigenvalue weighted by Gasteiger charge is -2.31. The van der Waals surface area contributed by atoms with Gasteiger partial charge in [-0.1, -0.05) is 6.07 Å². The molecule has 0 unspecified atom stereocenters. The summed E-state index contributed by atoms with van der Waals surface area (Å²) in [5.74, 6) is -0.989. The van der Waals surface area contributed by atoms with E-state index < -0.39 is 16.2 Å². The summed E-state index contributed by atoms with van der Waals surface area (Å²) in [6.07, 6.45) is 2.45. The zero-order chi connectivity index (χ0) is 15.0. The number of hydrogen-bond acceptors (Lipinski definition) is 3. The molecule has 7 heteroatoms. The Hall–Kier alpha value is -1.44. The maximum absolute atomic E-state index is 12.6. The molecule has 0 saturated carbocycles. The van der Waals surface area contributed by atoms with Gasteiger partial charge >= 0.3 is 5.97 Å². The van der Waals surface area contributed by atoms with Crippen LogP contribution in [-0.4, -0.2) is 47.7 Å². The Morgan fingerprint density at radius 2 is 1.76 bits per heavy atom. The van der Waals surface area contributed by atoms with Gasteiger partial charge in [-0.15, -0.1) is 0 Å². The Morgan fingerprint density at radius 3 is 2.43 bits per heavy atom. The van der Waals surface area contributed by atoms with E-state index in [-0.39, 0.29) is 12.1 Å². The lowest BCUT2D eigenvalue weighted by atomic mass is 9.99. The molecule has 1 aromatic carbocycles. The number of rotatable bonds is 3. The first-order valence-electron chi connectivity index (χ1n) is 7.09. The molecule has 0 amide bonds. The molecule has 6 nitrogen and oxygen atoms in total. The maximum atomic E-state index is 12.6. The lowest BCUT2D eigenvalue weighted by Crippen LogP contribution is -2.44. The van der Waals surface area contributed by atoms with E-state index in [1.165, 1.54) is 8.61 Å². The Labute approximate surface area is 124 Å². The van der Waals surface area contributed by atoms with E-state index >= 15 is 0 Å². The predicted molar refractivity (Wildman–Crippen MR) is 77.2 cm³/mol. The van der Waals surface area contributed by atoms with E-state index in [2.05, 4.69) is 0 Å². The SMILES string of the molecule is O=C(O)c1ccc2c(c1)CN(S(=O)(=O)N1CCCC1)CC2. The second-order valence-electron chi connectivity index (χ2n) is 5.49. The monoisotopic (exact) mass is 310 g/mol. The fourth-order valence-corrected chi connectivity index (χ4v) is 4.61. The number of benzene rings is 1. The van der Waals surface area contributed by atoms with Gasteiger partial charge in [0, 0.05) is 26.2 Å². The molecule has 114 valence electrons. The van der Waals surface area contributed by atoms with Crippen LogP contribution in [-0.2, 0) is 23.2 Å². The minimum Gasteiger partial charge on any atom is -0.478 e. The standard InChI is InChI=1S/C14H18N2O4S/c17-14(18)12-4-3-11-5-8-16(10-13(11)9-12)21(19,20)15-6-1-2-7-15/h3-4,9H,1-2,5-8,10H2,(H,17,18). The van der Waals surface area contributed by atoms with Crippen molar-refractivity contribution < 1.29 is 18.3 Å². The molecule has 2 heterocycles. The first kappa shape index (κ1) is 14.5. The topological polar surface area (TPSA) is 77.9 Å². The Morgan fingerprint density at radius 1 is 1.05 bits per heavy atom. The van der Waals surface area contributed by atoms with E-state index in [1.807, 2.05) is 0 Å². The Kier molecular flexibility index (Phi) is 3.73. The van der Waals surface area contributed by atoms with Crippen molar-refractivity contribution in [2.75, 3.05) is 19.6 Å². The minimum atomic E-state index is -3.42. The van der Waals surface area contributed by atoms with Crippen molar-refractivity contribution in [3.05, 3.63) is 34.9 Å². The predicted octanol–water partition coefficient (Wildman–Crippen LogP) is 1.08. The third kappa shape index (κ3) is 2.68. The van der Waals surface area contributed by atoms with Crippen molar-refractivity contribution in [1.29, 1.82) is 0 Å². The number of fused-ring (bicyclic) bond motifs is 1. The van der Waals surface area contributed by atoms with Gasteiger partial charge in [0.15, 0.2) is 0 Å². The molecule has 21 heavy (non-hydrogen) atoms. The van der Waals surface area contributed by atoms with Gasteiger partial charge in [-0.05, 0) is 42.5 Å². The van der Waals surface area contributed by atoms with Crippen LogP contribution in [0, 0.1) is 0 Å². The van der Waals surface area contributed by atoms with Crippen molar-refractivity contribution >= 4 is 16.2 Å². The summed E-state index contributed by atoms with van der Waals surface area (Å²) >= 11 is 0. The highest BCUT2D eigenvalue weighted by molar-refractivity contribution is 7.86. The van der Waals surface area contributed by atoms with Crippen molar-refractivity contribution in [1.82, 2.24) is 8.61 Å². The number of aromatic carboxylic acids is 1. The molecule has 0 bridgehead atoms. The Bertz CT molecular complexity index is 666. The molecule has 0 aliphatic carbocycles. The number of carboxylic acids is 1. The van der Waals surface area contributed by atoms with Gasteiger partial charge in [-0.3, -0.25) is 0 Å². The van der Waals surface area contributed by atoms with Crippen LogP contribution in [0.4, 0.5) is 0 Å². The van der Waals surface area contributed by atoms with Gasteiger partial charge in [0.05, 0.1) is 5.56 Å². The largest absolute Gasteiger partial charge is 0.478 e. The molecule has 1 fully saturated rings. The first-order chi connectivity index (χ1) is 9.98. The lowest BCUT2D eigenvalue weighted by molar-refractivity contribution is 0.0696. The number of hydrogen-bond donors (Lipinski definition) is 1. The quantitative estimate of drug-likeness (QED) is 0.906. The van der Waals surface area contributed by atoms with Crippen molar-refractivity contribution in [2.24, 2.45) is 0 Å². The molecule has 1 N–H and O–H groups in total. The van der Waals surface area contributed by atoms with E-state index in [1.54, 1.807) is 18.2 Å².